The lowest BCUT2D eigenvalue weighted by Gasteiger charge is -2.20. The molecule has 0 bridgehead atoms. The Kier molecular flexibility index (Phi) is 4.88. The Hall–Kier alpha value is -0.850. The minimum Gasteiger partial charge on any atom is -0.306 e. The topological polar surface area (TPSA) is 12.0 Å². The van der Waals surface area contributed by atoms with Crippen LogP contribution >= 0.6 is 27.3 Å². The Labute approximate surface area is 128 Å². The zero-order chi connectivity index (χ0) is 14.9. The maximum absolute atomic E-state index is 14.0. The van der Waals surface area contributed by atoms with E-state index in [1.807, 2.05) is 19.9 Å². The van der Waals surface area contributed by atoms with Crippen LogP contribution < -0.4 is 5.32 Å². The highest BCUT2D eigenvalue weighted by molar-refractivity contribution is 9.11. The number of halogens is 4. The lowest BCUT2D eigenvalue weighted by atomic mass is 9.98. The maximum atomic E-state index is 14.0. The Morgan fingerprint density at radius 3 is 2.25 bits per heavy atom. The molecule has 0 spiro atoms. The van der Waals surface area contributed by atoms with Crippen molar-refractivity contribution in [2.45, 2.75) is 19.9 Å². The highest BCUT2D eigenvalue weighted by Gasteiger charge is 2.24. The summed E-state index contributed by atoms with van der Waals surface area (Å²) in [5.74, 6) is -2.67. The summed E-state index contributed by atoms with van der Waals surface area (Å²) in [6.07, 6.45) is 0. The summed E-state index contributed by atoms with van der Waals surface area (Å²) >= 11 is 4.86. The van der Waals surface area contributed by atoms with Gasteiger partial charge in [0.25, 0.3) is 0 Å². The van der Waals surface area contributed by atoms with Gasteiger partial charge in [0.15, 0.2) is 0 Å². The Balaban J connectivity index is 2.57. The standard InChI is InChI=1S/C14H13BrF3NS/c1-3-19-14(9-6-12(15)20-7(9)2)13-10(17)4-8(16)5-11(13)18/h4-6,14,19H,3H2,1-2H3. The Bertz CT molecular complexity index is 604. The van der Waals surface area contributed by atoms with Gasteiger partial charge in [-0.15, -0.1) is 11.3 Å². The number of benzene rings is 1. The molecule has 0 aliphatic carbocycles. The van der Waals surface area contributed by atoms with Crippen LogP contribution in [0, 0.1) is 24.4 Å². The molecule has 1 heterocycles. The third kappa shape index (κ3) is 3.07. The minimum atomic E-state index is -0.915. The molecule has 1 aromatic carbocycles. The molecule has 1 atom stereocenters. The van der Waals surface area contributed by atoms with Gasteiger partial charge in [-0.25, -0.2) is 13.2 Å². The van der Waals surface area contributed by atoms with E-state index in [0.29, 0.717) is 18.7 Å². The summed E-state index contributed by atoms with van der Waals surface area (Å²) < 4.78 is 41.9. The minimum absolute atomic E-state index is 0.151. The van der Waals surface area contributed by atoms with Crippen molar-refractivity contribution in [1.29, 1.82) is 0 Å². The number of rotatable bonds is 4. The number of hydrogen-bond acceptors (Lipinski definition) is 2. The molecule has 0 aliphatic heterocycles. The third-order valence-corrected chi connectivity index (χ3v) is 4.55. The van der Waals surface area contributed by atoms with Gasteiger partial charge in [-0.3, -0.25) is 0 Å². The van der Waals surface area contributed by atoms with Crippen LogP contribution in [0.25, 0.3) is 0 Å². The van der Waals surface area contributed by atoms with Crippen molar-refractivity contribution in [3.8, 4) is 0 Å². The van der Waals surface area contributed by atoms with Crippen LogP contribution in [0.5, 0.6) is 0 Å². The summed E-state index contributed by atoms with van der Waals surface area (Å²) in [5.41, 5.74) is 0.634. The Morgan fingerprint density at radius 1 is 1.20 bits per heavy atom. The van der Waals surface area contributed by atoms with E-state index in [4.69, 9.17) is 0 Å². The van der Waals surface area contributed by atoms with E-state index in [1.54, 1.807) is 0 Å². The average Bonchev–Trinajstić information content (AvgIpc) is 2.66. The molecular formula is C14H13BrF3NS. The second-order valence-electron chi connectivity index (χ2n) is 4.34. The number of nitrogens with one attached hydrogen (secondary N) is 1. The van der Waals surface area contributed by atoms with Gasteiger partial charge in [0.2, 0.25) is 0 Å². The van der Waals surface area contributed by atoms with Crippen LogP contribution in [0.1, 0.15) is 29.0 Å². The van der Waals surface area contributed by atoms with Crippen molar-refractivity contribution in [3.05, 3.63) is 55.4 Å². The van der Waals surface area contributed by atoms with Gasteiger partial charge in [-0.05, 0) is 41.0 Å². The quantitative estimate of drug-likeness (QED) is 0.811. The van der Waals surface area contributed by atoms with Crippen molar-refractivity contribution < 1.29 is 13.2 Å². The molecule has 1 unspecified atom stereocenters. The molecule has 0 amide bonds. The van der Waals surface area contributed by atoms with Crippen molar-refractivity contribution in [3.63, 3.8) is 0 Å². The molecule has 1 N–H and O–H groups in total. The monoisotopic (exact) mass is 363 g/mol. The van der Waals surface area contributed by atoms with Gasteiger partial charge >= 0.3 is 0 Å². The largest absolute Gasteiger partial charge is 0.306 e. The zero-order valence-corrected chi connectivity index (χ0v) is 13.3. The van der Waals surface area contributed by atoms with Gasteiger partial charge in [0.1, 0.15) is 17.5 Å². The van der Waals surface area contributed by atoms with Gasteiger partial charge in [-0.2, -0.15) is 0 Å². The summed E-state index contributed by atoms with van der Waals surface area (Å²) in [4.78, 5) is 0.950. The van der Waals surface area contributed by atoms with Gasteiger partial charge < -0.3 is 5.32 Å². The molecular weight excluding hydrogens is 351 g/mol. The average molecular weight is 364 g/mol. The highest BCUT2D eigenvalue weighted by Crippen LogP contribution is 2.35. The normalized spacial score (nSPS) is 12.7. The lowest BCUT2D eigenvalue weighted by Crippen LogP contribution is -2.24. The molecule has 2 aromatic rings. The van der Waals surface area contributed by atoms with Crippen LogP contribution in [0.3, 0.4) is 0 Å². The fourth-order valence-electron chi connectivity index (χ4n) is 2.15. The zero-order valence-electron chi connectivity index (χ0n) is 10.9. The van der Waals surface area contributed by atoms with Crippen molar-refractivity contribution in [1.82, 2.24) is 5.32 Å². The van der Waals surface area contributed by atoms with Crippen LogP contribution in [-0.2, 0) is 0 Å². The van der Waals surface area contributed by atoms with E-state index in [2.05, 4.69) is 21.2 Å². The molecule has 0 saturated heterocycles. The molecule has 0 saturated carbocycles. The summed E-state index contributed by atoms with van der Waals surface area (Å²) in [6, 6.07) is 2.61. The van der Waals surface area contributed by atoms with E-state index >= 15 is 0 Å². The molecule has 0 radical (unpaired) electrons. The van der Waals surface area contributed by atoms with E-state index in [1.165, 1.54) is 11.3 Å². The first-order valence-electron chi connectivity index (χ1n) is 6.07. The molecule has 6 heteroatoms. The second-order valence-corrected chi connectivity index (χ2v) is 6.97. The van der Waals surface area contributed by atoms with Gasteiger partial charge in [-0.1, -0.05) is 6.92 Å². The predicted molar refractivity (Wildman–Crippen MR) is 78.6 cm³/mol. The van der Waals surface area contributed by atoms with Crippen LogP contribution in [0.15, 0.2) is 22.0 Å². The second kappa shape index (κ2) is 6.28. The van der Waals surface area contributed by atoms with Crippen molar-refractivity contribution >= 4 is 27.3 Å². The first-order valence-corrected chi connectivity index (χ1v) is 7.68. The fraction of sp³-hybridized carbons (Fsp3) is 0.286. The van der Waals surface area contributed by atoms with Crippen molar-refractivity contribution in [2.24, 2.45) is 0 Å². The van der Waals surface area contributed by atoms with Crippen LogP contribution in [-0.4, -0.2) is 6.54 Å². The maximum Gasteiger partial charge on any atom is 0.134 e. The smallest absolute Gasteiger partial charge is 0.134 e. The lowest BCUT2D eigenvalue weighted by molar-refractivity contribution is 0.491. The molecule has 108 valence electrons. The van der Waals surface area contributed by atoms with E-state index < -0.39 is 23.5 Å². The van der Waals surface area contributed by atoms with E-state index in [9.17, 15) is 13.2 Å². The number of aryl methyl sites for hydroxylation is 1. The van der Waals surface area contributed by atoms with Crippen LogP contribution in [0.4, 0.5) is 13.2 Å². The summed E-state index contributed by atoms with van der Waals surface area (Å²) in [5, 5.41) is 3.05. The van der Waals surface area contributed by atoms with Crippen LogP contribution in [0.2, 0.25) is 0 Å². The summed E-state index contributed by atoms with van der Waals surface area (Å²) in [6.45, 7) is 4.27. The van der Waals surface area contributed by atoms with Crippen molar-refractivity contribution in [2.75, 3.05) is 6.54 Å². The molecule has 0 aliphatic rings. The first kappa shape index (κ1) is 15.5. The van der Waals surface area contributed by atoms with E-state index in [-0.39, 0.29) is 5.56 Å². The first-order chi connectivity index (χ1) is 9.43. The molecule has 1 nitrogen and oxygen atoms in total. The molecule has 0 fully saturated rings. The SMILES string of the molecule is CCNC(c1cc(Br)sc1C)c1c(F)cc(F)cc1F. The van der Waals surface area contributed by atoms with E-state index in [0.717, 1.165) is 14.2 Å². The fourth-order valence-corrected chi connectivity index (χ4v) is 3.89. The third-order valence-electron chi connectivity index (χ3n) is 2.98. The molecule has 20 heavy (non-hydrogen) atoms. The Morgan fingerprint density at radius 2 is 1.80 bits per heavy atom. The predicted octanol–water partition coefficient (Wildman–Crippen LogP) is 4.94. The van der Waals surface area contributed by atoms with Gasteiger partial charge in [0, 0.05) is 22.6 Å². The molecule has 1 aromatic heterocycles. The molecule has 2 rings (SSSR count). The van der Waals surface area contributed by atoms with Gasteiger partial charge in [0.05, 0.1) is 9.83 Å². The highest BCUT2D eigenvalue weighted by atomic mass is 79.9. The number of hydrogen-bond donors (Lipinski definition) is 1. The summed E-state index contributed by atoms with van der Waals surface area (Å²) in [7, 11) is 0. The number of thiophene rings is 1.